The van der Waals surface area contributed by atoms with Crippen LogP contribution in [-0.4, -0.2) is 23.0 Å². The highest BCUT2D eigenvalue weighted by Crippen LogP contribution is 2.27. The normalized spacial score (nSPS) is 10.6. The molecule has 0 radical (unpaired) electrons. The second-order valence-electron chi connectivity index (χ2n) is 6.39. The maximum atomic E-state index is 12.5. The van der Waals surface area contributed by atoms with Crippen molar-refractivity contribution >= 4 is 33.7 Å². The first-order chi connectivity index (χ1) is 14.6. The molecule has 4 rings (SSSR count). The van der Waals surface area contributed by atoms with Crippen LogP contribution in [0.4, 0.5) is 5.13 Å². The molecule has 2 aromatic carbocycles. The van der Waals surface area contributed by atoms with E-state index in [4.69, 9.17) is 9.47 Å². The van der Waals surface area contributed by atoms with E-state index >= 15 is 0 Å². The molecule has 0 aliphatic rings. The number of rotatable bonds is 7. The lowest BCUT2D eigenvalue weighted by molar-refractivity contribution is 0.102. The van der Waals surface area contributed by atoms with Crippen LogP contribution in [0, 0.1) is 6.92 Å². The Morgan fingerprint density at radius 1 is 0.967 bits per heavy atom. The number of nitrogens with zero attached hydrogens (tertiary/aromatic N) is 2. The Balaban J connectivity index is 1.36. The van der Waals surface area contributed by atoms with Gasteiger partial charge in [0.05, 0.1) is 23.5 Å². The molecule has 0 atom stereocenters. The van der Waals surface area contributed by atoms with Crippen LogP contribution in [0.2, 0.25) is 0 Å². The summed E-state index contributed by atoms with van der Waals surface area (Å²) in [6.07, 6.45) is 0. The lowest BCUT2D eigenvalue weighted by Gasteiger charge is -2.06. The zero-order valence-corrected chi connectivity index (χ0v) is 18.0. The van der Waals surface area contributed by atoms with Crippen LogP contribution < -0.4 is 14.8 Å². The lowest BCUT2D eigenvalue weighted by Crippen LogP contribution is -2.11. The van der Waals surface area contributed by atoms with E-state index in [-0.39, 0.29) is 5.91 Å². The van der Waals surface area contributed by atoms with Gasteiger partial charge in [-0.2, -0.15) is 0 Å². The van der Waals surface area contributed by atoms with Gasteiger partial charge in [0.1, 0.15) is 18.1 Å². The minimum Gasteiger partial charge on any atom is -0.497 e. The zero-order chi connectivity index (χ0) is 20.9. The lowest BCUT2D eigenvalue weighted by atomic mass is 10.2. The van der Waals surface area contributed by atoms with Gasteiger partial charge in [-0.1, -0.05) is 0 Å². The highest BCUT2D eigenvalue weighted by molar-refractivity contribution is 7.14. The molecule has 0 fully saturated rings. The molecule has 1 amide bonds. The van der Waals surface area contributed by atoms with Gasteiger partial charge in [-0.05, 0) is 55.5 Å². The molecule has 0 saturated heterocycles. The molecule has 152 valence electrons. The topological polar surface area (TPSA) is 73.3 Å². The maximum absolute atomic E-state index is 12.5. The maximum Gasteiger partial charge on any atom is 0.257 e. The summed E-state index contributed by atoms with van der Waals surface area (Å²) in [5.74, 6) is 1.26. The molecule has 8 heteroatoms. The molecule has 0 aliphatic heterocycles. The molecule has 6 nitrogen and oxygen atoms in total. The molecular weight excluding hydrogens is 418 g/mol. The number of hydrogen-bond donors (Lipinski definition) is 1. The Morgan fingerprint density at radius 3 is 2.37 bits per heavy atom. The molecule has 0 unspecified atom stereocenters. The summed E-state index contributed by atoms with van der Waals surface area (Å²) in [5.41, 5.74) is 3.20. The van der Waals surface area contributed by atoms with Gasteiger partial charge in [-0.3, -0.25) is 10.1 Å². The van der Waals surface area contributed by atoms with Crippen LogP contribution in [0.15, 0.2) is 59.3 Å². The number of ether oxygens (including phenoxy) is 2. The summed E-state index contributed by atoms with van der Waals surface area (Å²) in [6, 6.07) is 14.6. The van der Waals surface area contributed by atoms with Gasteiger partial charge >= 0.3 is 0 Å². The van der Waals surface area contributed by atoms with Gasteiger partial charge in [0.15, 0.2) is 5.13 Å². The Kier molecular flexibility index (Phi) is 6.06. The number of thiazole rings is 2. The molecule has 30 heavy (non-hydrogen) atoms. The summed E-state index contributed by atoms with van der Waals surface area (Å²) < 4.78 is 10.9. The number of aromatic nitrogens is 2. The van der Waals surface area contributed by atoms with E-state index in [9.17, 15) is 4.79 Å². The standard InChI is InChI=1S/C22H19N3O3S2/c1-14-23-17(12-29-14)11-28-19-9-5-16(6-10-19)21(26)25-22-24-20(13-30-22)15-3-7-18(27-2)8-4-15/h3-10,12-13H,11H2,1-2H3,(H,24,25,26). The van der Waals surface area contributed by atoms with E-state index in [1.807, 2.05) is 41.9 Å². The van der Waals surface area contributed by atoms with Crippen molar-refractivity contribution in [2.24, 2.45) is 0 Å². The van der Waals surface area contributed by atoms with Crippen LogP contribution in [-0.2, 0) is 6.61 Å². The Labute approximate surface area is 182 Å². The molecule has 2 aromatic heterocycles. The first-order valence-corrected chi connectivity index (χ1v) is 10.9. The fourth-order valence-corrected chi connectivity index (χ4v) is 4.04. The van der Waals surface area contributed by atoms with Crippen molar-refractivity contribution in [3.63, 3.8) is 0 Å². The number of carbonyl (C=O) groups excluding carboxylic acids is 1. The minimum absolute atomic E-state index is 0.215. The number of hydrogen-bond acceptors (Lipinski definition) is 7. The summed E-state index contributed by atoms with van der Waals surface area (Å²) >= 11 is 2.98. The number of methoxy groups -OCH3 is 1. The van der Waals surface area contributed by atoms with Crippen LogP contribution in [0.5, 0.6) is 11.5 Å². The molecule has 4 aromatic rings. The van der Waals surface area contributed by atoms with Gasteiger partial charge in [-0.25, -0.2) is 9.97 Å². The number of nitrogens with one attached hydrogen (secondary N) is 1. The molecular formula is C22H19N3O3S2. The predicted molar refractivity (Wildman–Crippen MR) is 120 cm³/mol. The first kappa shape index (κ1) is 20.1. The second kappa shape index (κ2) is 9.06. The van der Waals surface area contributed by atoms with Gasteiger partial charge < -0.3 is 9.47 Å². The number of anilines is 1. The highest BCUT2D eigenvalue weighted by Gasteiger charge is 2.11. The third kappa shape index (κ3) is 4.84. The van der Waals surface area contributed by atoms with Crippen molar-refractivity contribution < 1.29 is 14.3 Å². The minimum atomic E-state index is -0.215. The Bertz CT molecular complexity index is 1140. The summed E-state index contributed by atoms with van der Waals surface area (Å²) in [5, 5.41) is 8.29. The van der Waals surface area contributed by atoms with E-state index in [2.05, 4.69) is 15.3 Å². The van der Waals surface area contributed by atoms with Crippen molar-refractivity contribution in [1.82, 2.24) is 9.97 Å². The van der Waals surface area contributed by atoms with Crippen LogP contribution >= 0.6 is 22.7 Å². The van der Waals surface area contributed by atoms with Crippen molar-refractivity contribution in [2.45, 2.75) is 13.5 Å². The Hall–Kier alpha value is -3.23. The molecule has 0 saturated carbocycles. The fourth-order valence-electron chi connectivity index (χ4n) is 2.73. The monoisotopic (exact) mass is 437 g/mol. The average molecular weight is 438 g/mol. The van der Waals surface area contributed by atoms with Crippen molar-refractivity contribution in [2.75, 3.05) is 12.4 Å². The molecule has 0 aliphatic carbocycles. The second-order valence-corrected chi connectivity index (χ2v) is 8.31. The fraction of sp³-hybridized carbons (Fsp3) is 0.136. The van der Waals surface area contributed by atoms with Crippen molar-refractivity contribution in [3.8, 4) is 22.8 Å². The zero-order valence-electron chi connectivity index (χ0n) is 16.4. The molecule has 1 N–H and O–H groups in total. The largest absolute Gasteiger partial charge is 0.497 e. The quantitative estimate of drug-likeness (QED) is 0.418. The van der Waals surface area contributed by atoms with Gasteiger partial charge in [0.25, 0.3) is 5.91 Å². The molecule has 0 bridgehead atoms. The summed E-state index contributed by atoms with van der Waals surface area (Å²) in [7, 11) is 1.63. The van der Waals surface area contributed by atoms with Crippen LogP contribution in [0.3, 0.4) is 0 Å². The van der Waals surface area contributed by atoms with Crippen LogP contribution in [0.25, 0.3) is 11.3 Å². The van der Waals surface area contributed by atoms with E-state index in [0.717, 1.165) is 27.7 Å². The highest BCUT2D eigenvalue weighted by atomic mass is 32.1. The summed E-state index contributed by atoms with van der Waals surface area (Å²) in [4.78, 5) is 21.4. The van der Waals surface area contributed by atoms with E-state index in [0.29, 0.717) is 23.1 Å². The summed E-state index contributed by atoms with van der Waals surface area (Å²) in [6.45, 7) is 2.37. The third-order valence-corrected chi connectivity index (χ3v) is 5.86. The number of aryl methyl sites for hydroxylation is 1. The van der Waals surface area contributed by atoms with Gasteiger partial charge in [-0.15, -0.1) is 22.7 Å². The smallest absolute Gasteiger partial charge is 0.257 e. The van der Waals surface area contributed by atoms with Gasteiger partial charge in [0.2, 0.25) is 0 Å². The van der Waals surface area contributed by atoms with Crippen molar-refractivity contribution in [3.05, 3.63) is 75.6 Å². The number of carbonyl (C=O) groups is 1. The van der Waals surface area contributed by atoms with E-state index < -0.39 is 0 Å². The van der Waals surface area contributed by atoms with Gasteiger partial charge in [0, 0.05) is 21.9 Å². The van der Waals surface area contributed by atoms with E-state index in [1.165, 1.54) is 11.3 Å². The third-order valence-electron chi connectivity index (χ3n) is 4.28. The number of amides is 1. The predicted octanol–water partition coefficient (Wildman–Crippen LogP) is 5.41. The molecule has 2 heterocycles. The SMILES string of the molecule is COc1ccc(-c2csc(NC(=O)c3ccc(OCc4csc(C)n4)cc3)n2)cc1. The Morgan fingerprint density at radius 2 is 1.70 bits per heavy atom. The van der Waals surface area contributed by atoms with Crippen LogP contribution in [0.1, 0.15) is 21.1 Å². The number of benzene rings is 2. The first-order valence-electron chi connectivity index (χ1n) is 9.16. The van der Waals surface area contributed by atoms with E-state index in [1.54, 1.807) is 42.7 Å². The van der Waals surface area contributed by atoms with Crippen molar-refractivity contribution in [1.29, 1.82) is 0 Å². The average Bonchev–Trinajstić information content (AvgIpc) is 3.41. The molecule has 0 spiro atoms.